The number of rotatable bonds is 9. The summed E-state index contributed by atoms with van der Waals surface area (Å²) in [7, 11) is 0. The second-order valence-corrected chi connectivity index (χ2v) is 6.26. The van der Waals surface area contributed by atoms with E-state index in [1.807, 2.05) is 18.2 Å². The molecule has 120 valence electrons. The van der Waals surface area contributed by atoms with Gasteiger partial charge >= 0.3 is 0 Å². The normalized spacial score (nSPS) is 13.6. The molecule has 0 aliphatic rings. The minimum atomic E-state index is 0.0248. The minimum absolute atomic E-state index is 0.0248. The quantitative estimate of drug-likeness (QED) is 0.613. The summed E-state index contributed by atoms with van der Waals surface area (Å²) in [6.07, 6.45) is 2.04. The summed E-state index contributed by atoms with van der Waals surface area (Å²) in [5.74, 6) is 0.363. The van der Waals surface area contributed by atoms with Crippen LogP contribution in [0.15, 0.2) is 24.3 Å². The first-order valence-corrected chi connectivity index (χ1v) is 7.77. The molecule has 0 spiro atoms. The maximum Gasteiger partial charge on any atom is 0.120 e. The molecule has 4 nitrogen and oxygen atoms in total. The number of para-hydroxylation sites is 1. The van der Waals surface area contributed by atoms with Gasteiger partial charge in [0.15, 0.2) is 0 Å². The van der Waals surface area contributed by atoms with Crippen molar-refractivity contribution in [3.63, 3.8) is 0 Å². The van der Waals surface area contributed by atoms with Gasteiger partial charge in [0.25, 0.3) is 0 Å². The van der Waals surface area contributed by atoms with Crippen LogP contribution in [-0.2, 0) is 6.54 Å². The summed E-state index contributed by atoms with van der Waals surface area (Å²) in [6, 6.07) is 7.83. The summed E-state index contributed by atoms with van der Waals surface area (Å²) < 4.78 is 0. The van der Waals surface area contributed by atoms with Crippen LogP contribution in [0.3, 0.4) is 0 Å². The van der Waals surface area contributed by atoms with Gasteiger partial charge in [-0.2, -0.15) is 0 Å². The Bertz CT molecular complexity index is 421. The largest absolute Gasteiger partial charge is 0.508 e. The summed E-state index contributed by atoms with van der Waals surface area (Å²) >= 11 is 0. The van der Waals surface area contributed by atoms with E-state index in [4.69, 9.17) is 5.11 Å². The van der Waals surface area contributed by atoms with Crippen LogP contribution in [0, 0.1) is 0 Å². The fourth-order valence-electron chi connectivity index (χ4n) is 2.59. The molecule has 0 fully saturated rings. The molecule has 1 aromatic rings. The number of hydrogen-bond acceptors (Lipinski definition) is 4. The number of nitrogens with one attached hydrogen (secondary N) is 1. The van der Waals surface area contributed by atoms with Gasteiger partial charge in [-0.05, 0) is 46.2 Å². The molecule has 0 bridgehead atoms. The fraction of sp³-hybridized carbons (Fsp3) is 0.647. The molecule has 1 atom stereocenters. The van der Waals surface area contributed by atoms with Crippen molar-refractivity contribution in [3.05, 3.63) is 29.8 Å². The Morgan fingerprint density at radius 1 is 1.29 bits per heavy atom. The maximum absolute atomic E-state index is 9.94. The molecular formula is C17H30N2O2. The van der Waals surface area contributed by atoms with E-state index in [1.165, 1.54) is 0 Å². The molecule has 4 heteroatoms. The lowest BCUT2D eigenvalue weighted by molar-refractivity contribution is 0.102. The predicted molar refractivity (Wildman–Crippen MR) is 87.2 cm³/mol. The van der Waals surface area contributed by atoms with Gasteiger partial charge < -0.3 is 10.2 Å². The van der Waals surface area contributed by atoms with E-state index >= 15 is 0 Å². The standard InChI is InChI=1S/C17H30N2O2/c1-5-19(12-15-8-6-7-9-16(15)21)17(3,4)11-10-14(2)18-13-20/h6-9,14,18,20-21H,5,10-13H2,1-4H3. The first-order valence-electron chi connectivity index (χ1n) is 7.77. The predicted octanol–water partition coefficient (Wildman–Crippen LogP) is 2.70. The van der Waals surface area contributed by atoms with Gasteiger partial charge in [-0.25, -0.2) is 0 Å². The summed E-state index contributed by atoms with van der Waals surface area (Å²) in [6.45, 7) is 10.4. The molecule has 3 N–H and O–H groups in total. The fourth-order valence-corrected chi connectivity index (χ4v) is 2.59. The first kappa shape index (κ1) is 18.0. The van der Waals surface area contributed by atoms with E-state index < -0.39 is 0 Å². The summed E-state index contributed by atoms with van der Waals surface area (Å²) in [4.78, 5) is 2.38. The number of hydrogen-bond donors (Lipinski definition) is 3. The smallest absolute Gasteiger partial charge is 0.120 e. The average molecular weight is 294 g/mol. The Hall–Kier alpha value is -1.10. The van der Waals surface area contributed by atoms with Gasteiger partial charge in [0.05, 0.1) is 6.73 Å². The van der Waals surface area contributed by atoms with Crippen LogP contribution in [0.4, 0.5) is 0 Å². The van der Waals surface area contributed by atoms with Gasteiger partial charge in [-0.15, -0.1) is 0 Å². The molecule has 1 aromatic carbocycles. The molecule has 0 saturated heterocycles. The molecule has 1 rings (SSSR count). The Morgan fingerprint density at radius 2 is 1.95 bits per heavy atom. The van der Waals surface area contributed by atoms with Crippen molar-refractivity contribution >= 4 is 0 Å². The Labute approximate surface area is 128 Å². The molecule has 1 unspecified atom stereocenters. The van der Waals surface area contributed by atoms with E-state index in [0.717, 1.165) is 31.5 Å². The number of aromatic hydroxyl groups is 1. The third-order valence-corrected chi connectivity index (χ3v) is 4.22. The van der Waals surface area contributed by atoms with Crippen LogP contribution in [0.2, 0.25) is 0 Å². The van der Waals surface area contributed by atoms with Crippen molar-refractivity contribution in [1.29, 1.82) is 0 Å². The van der Waals surface area contributed by atoms with Crippen molar-refractivity contribution in [3.8, 4) is 5.75 Å². The van der Waals surface area contributed by atoms with Gasteiger partial charge in [-0.1, -0.05) is 25.1 Å². The lowest BCUT2D eigenvalue weighted by atomic mass is 9.93. The second kappa shape index (κ2) is 8.37. The zero-order valence-electron chi connectivity index (χ0n) is 13.8. The van der Waals surface area contributed by atoms with Gasteiger partial charge in [0, 0.05) is 23.7 Å². The highest BCUT2D eigenvalue weighted by molar-refractivity contribution is 5.31. The van der Waals surface area contributed by atoms with Crippen LogP contribution in [0.1, 0.15) is 46.1 Å². The van der Waals surface area contributed by atoms with Gasteiger partial charge in [0.1, 0.15) is 5.75 Å². The van der Waals surface area contributed by atoms with Crippen LogP contribution in [0.5, 0.6) is 5.75 Å². The van der Waals surface area contributed by atoms with Crippen molar-refractivity contribution in [2.45, 2.75) is 58.7 Å². The van der Waals surface area contributed by atoms with E-state index in [2.05, 4.69) is 37.9 Å². The van der Waals surface area contributed by atoms with Crippen molar-refractivity contribution in [1.82, 2.24) is 10.2 Å². The third kappa shape index (κ3) is 5.65. The molecule has 0 aliphatic carbocycles. The van der Waals surface area contributed by atoms with Crippen LogP contribution in [0.25, 0.3) is 0 Å². The van der Waals surface area contributed by atoms with E-state index in [0.29, 0.717) is 11.8 Å². The molecule has 0 radical (unpaired) electrons. The molecule has 21 heavy (non-hydrogen) atoms. The van der Waals surface area contributed by atoms with E-state index in [1.54, 1.807) is 6.07 Å². The minimum Gasteiger partial charge on any atom is -0.508 e. The lowest BCUT2D eigenvalue weighted by Gasteiger charge is -2.39. The number of nitrogens with zero attached hydrogens (tertiary/aromatic N) is 1. The number of aliphatic hydroxyl groups excluding tert-OH is 1. The molecular weight excluding hydrogens is 264 g/mol. The van der Waals surface area contributed by atoms with Gasteiger partial charge in [0.2, 0.25) is 0 Å². The topological polar surface area (TPSA) is 55.7 Å². The Balaban J connectivity index is 2.66. The molecule has 0 aliphatic heterocycles. The SMILES string of the molecule is CCN(Cc1ccccc1O)C(C)(C)CCC(C)NCO. The van der Waals surface area contributed by atoms with E-state index in [9.17, 15) is 5.11 Å². The number of phenolic OH excluding ortho intramolecular Hbond substituents is 1. The Morgan fingerprint density at radius 3 is 2.52 bits per heavy atom. The van der Waals surface area contributed by atoms with Crippen LogP contribution >= 0.6 is 0 Å². The molecule has 0 heterocycles. The zero-order valence-corrected chi connectivity index (χ0v) is 13.8. The second-order valence-electron chi connectivity index (χ2n) is 6.26. The van der Waals surface area contributed by atoms with Crippen molar-refractivity contribution in [2.24, 2.45) is 0 Å². The number of benzene rings is 1. The third-order valence-electron chi connectivity index (χ3n) is 4.22. The highest BCUT2D eigenvalue weighted by Crippen LogP contribution is 2.26. The monoisotopic (exact) mass is 294 g/mol. The van der Waals surface area contributed by atoms with Crippen LogP contribution < -0.4 is 5.32 Å². The number of phenols is 1. The lowest BCUT2D eigenvalue weighted by Crippen LogP contribution is -2.44. The molecule has 0 saturated carbocycles. The molecule has 0 aromatic heterocycles. The average Bonchev–Trinajstić information content (AvgIpc) is 2.44. The zero-order chi connectivity index (χ0) is 15.9. The number of aliphatic hydroxyl groups is 1. The van der Waals surface area contributed by atoms with E-state index in [-0.39, 0.29) is 12.3 Å². The summed E-state index contributed by atoms with van der Waals surface area (Å²) in [5, 5.41) is 21.9. The van der Waals surface area contributed by atoms with Crippen molar-refractivity contribution < 1.29 is 10.2 Å². The van der Waals surface area contributed by atoms with Crippen LogP contribution in [-0.4, -0.2) is 40.0 Å². The molecule has 0 amide bonds. The highest BCUT2D eigenvalue weighted by atomic mass is 16.3. The van der Waals surface area contributed by atoms with Gasteiger partial charge in [-0.3, -0.25) is 10.2 Å². The Kier molecular flexibility index (Phi) is 7.15. The van der Waals surface area contributed by atoms with Crippen molar-refractivity contribution in [2.75, 3.05) is 13.3 Å². The maximum atomic E-state index is 9.94. The first-order chi connectivity index (χ1) is 9.90. The summed E-state index contributed by atoms with van der Waals surface area (Å²) in [5.41, 5.74) is 1.01. The highest BCUT2D eigenvalue weighted by Gasteiger charge is 2.26.